The average Bonchev–Trinajstić information content (AvgIpc) is 3.21. The molecule has 1 saturated heterocycles. The molecule has 0 aromatic carbocycles. The van der Waals surface area contributed by atoms with Crippen LogP contribution in [0.15, 0.2) is 47.3 Å². The Kier molecular flexibility index (Phi) is 6.24. The first-order valence-corrected chi connectivity index (χ1v) is 9.29. The Morgan fingerprint density at radius 1 is 1.19 bits per heavy atom. The lowest BCUT2D eigenvalue weighted by atomic mass is 10.0. The number of rotatable bonds is 6. The van der Waals surface area contributed by atoms with E-state index >= 15 is 0 Å². The second-order valence-corrected chi connectivity index (χ2v) is 7.14. The van der Waals surface area contributed by atoms with Gasteiger partial charge in [0.1, 0.15) is 6.04 Å². The van der Waals surface area contributed by atoms with Crippen LogP contribution in [0, 0.1) is 5.92 Å². The molecule has 1 N–H and O–H groups in total. The zero-order valence-corrected chi connectivity index (χ0v) is 15.8. The van der Waals surface area contributed by atoms with E-state index in [9.17, 15) is 9.59 Å². The van der Waals surface area contributed by atoms with E-state index in [1.807, 2.05) is 31.0 Å². The number of carbonyl (C=O) groups excluding carboxylic acids is 2. The van der Waals surface area contributed by atoms with Gasteiger partial charge in [-0.2, -0.15) is 0 Å². The molecule has 1 aliphatic heterocycles. The standard InChI is InChI=1S/C20H26N4O3/c1-15(2)18(22-19(25)17-6-4-12-27-17)20(26)24-10-8-23(9-11-24)14-16-5-3-7-21-13-16/h3-7,12-13,15,18H,8-11,14H2,1-2H3,(H,22,25)/t18-/m1/s1. The predicted octanol–water partition coefficient (Wildman–Crippen LogP) is 1.77. The van der Waals surface area contributed by atoms with Crippen molar-refractivity contribution in [3.05, 3.63) is 54.2 Å². The van der Waals surface area contributed by atoms with Crippen LogP contribution in [0.5, 0.6) is 0 Å². The molecular formula is C20H26N4O3. The van der Waals surface area contributed by atoms with Gasteiger partial charge in [0.25, 0.3) is 5.91 Å². The Morgan fingerprint density at radius 2 is 1.96 bits per heavy atom. The highest BCUT2D eigenvalue weighted by molar-refractivity contribution is 5.95. The van der Waals surface area contributed by atoms with Crippen molar-refractivity contribution in [1.29, 1.82) is 0 Å². The number of amides is 2. The maximum atomic E-state index is 13.0. The molecule has 1 aliphatic rings. The molecule has 7 heteroatoms. The summed E-state index contributed by atoms with van der Waals surface area (Å²) in [5.41, 5.74) is 1.17. The monoisotopic (exact) mass is 370 g/mol. The lowest BCUT2D eigenvalue weighted by Gasteiger charge is -2.37. The second-order valence-electron chi connectivity index (χ2n) is 7.14. The molecule has 2 aromatic rings. The summed E-state index contributed by atoms with van der Waals surface area (Å²) in [5.74, 6) is -0.187. The zero-order valence-electron chi connectivity index (χ0n) is 15.8. The molecule has 0 bridgehead atoms. The molecule has 3 rings (SSSR count). The van der Waals surface area contributed by atoms with Crippen LogP contribution < -0.4 is 5.32 Å². The third-order valence-corrected chi connectivity index (χ3v) is 4.78. The number of nitrogens with zero attached hydrogens (tertiary/aromatic N) is 3. The molecule has 0 radical (unpaired) electrons. The fourth-order valence-corrected chi connectivity index (χ4v) is 3.21. The van der Waals surface area contributed by atoms with Crippen molar-refractivity contribution >= 4 is 11.8 Å². The largest absolute Gasteiger partial charge is 0.459 e. The van der Waals surface area contributed by atoms with Crippen LogP contribution in [0.3, 0.4) is 0 Å². The smallest absolute Gasteiger partial charge is 0.287 e. The molecule has 1 atom stereocenters. The van der Waals surface area contributed by atoms with Crippen molar-refractivity contribution in [3.63, 3.8) is 0 Å². The first-order chi connectivity index (χ1) is 13.0. The highest BCUT2D eigenvalue weighted by Gasteiger charge is 2.31. The van der Waals surface area contributed by atoms with Gasteiger partial charge < -0.3 is 14.6 Å². The molecule has 0 saturated carbocycles. The summed E-state index contributed by atoms with van der Waals surface area (Å²) in [6.07, 6.45) is 5.09. The fraction of sp³-hybridized carbons (Fsp3) is 0.450. The van der Waals surface area contributed by atoms with Crippen LogP contribution in [-0.4, -0.2) is 58.8 Å². The normalized spacial score (nSPS) is 16.3. The molecule has 27 heavy (non-hydrogen) atoms. The fourth-order valence-electron chi connectivity index (χ4n) is 3.21. The molecule has 2 amide bonds. The Hall–Kier alpha value is -2.67. The van der Waals surface area contributed by atoms with E-state index < -0.39 is 6.04 Å². The third-order valence-electron chi connectivity index (χ3n) is 4.78. The number of nitrogens with one attached hydrogen (secondary N) is 1. The third kappa shape index (κ3) is 4.95. The van der Waals surface area contributed by atoms with Crippen LogP contribution in [-0.2, 0) is 11.3 Å². The van der Waals surface area contributed by atoms with Gasteiger partial charge in [0.15, 0.2) is 5.76 Å². The summed E-state index contributed by atoms with van der Waals surface area (Å²) in [4.78, 5) is 33.5. The Labute approximate surface area is 159 Å². The number of hydrogen-bond acceptors (Lipinski definition) is 5. The summed E-state index contributed by atoms with van der Waals surface area (Å²) in [6.45, 7) is 7.61. The summed E-state index contributed by atoms with van der Waals surface area (Å²) in [5, 5.41) is 2.82. The minimum Gasteiger partial charge on any atom is -0.459 e. The summed E-state index contributed by atoms with van der Waals surface area (Å²) in [7, 11) is 0. The van der Waals surface area contributed by atoms with E-state index in [0.29, 0.717) is 13.1 Å². The Morgan fingerprint density at radius 3 is 2.56 bits per heavy atom. The van der Waals surface area contributed by atoms with Crippen molar-refractivity contribution in [2.45, 2.75) is 26.4 Å². The maximum Gasteiger partial charge on any atom is 0.287 e. The van der Waals surface area contributed by atoms with Gasteiger partial charge in [0.05, 0.1) is 6.26 Å². The number of aromatic nitrogens is 1. The number of carbonyl (C=O) groups is 2. The van der Waals surface area contributed by atoms with E-state index in [1.165, 1.54) is 11.8 Å². The highest BCUT2D eigenvalue weighted by atomic mass is 16.3. The van der Waals surface area contributed by atoms with Gasteiger partial charge in [-0.05, 0) is 29.7 Å². The molecule has 1 fully saturated rings. The zero-order chi connectivity index (χ0) is 19.2. The van der Waals surface area contributed by atoms with E-state index in [4.69, 9.17) is 4.42 Å². The van der Waals surface area contributed by atoms with Crippen molar-refractivity contribution in [3.8, 4) is 0 Å². The van der Waals surface area contributed by atoms with Crippen LogP contribution in [0.4, 0.5) is 0 Å². The van der Waals surface area contributed by atoms with Crippen molar-refractivity contribution in [2.75, 3.05) is 26.2 Å². The summed E-state index contributed by atoms with van der Waals surface area (Å²) >= 11 is 0. The van der Waals surface area contributed by atoms with Gasteiger partial charge >= 0.3 is 0 Å². The van der Waals surface area contributed by atoms with E-state index in [1.54, 1.807) is 18.3 Å². The lowest BCUT2D eigenvalue weighted by molar-refractivity contribution is -0.136. The molecule has 0 aliphatic carbocycles. The van der Waals surface area contributed by atoms with Gasteiger partial charge in [0, 0.05) is 45.1 Å². The van der Waals surface area contributed by atoms with Crippen LogP contribution in [0.1, 0.15) is 30.0 Å². The van der Waals surface area contributed by atoms with E-state index in [-0.39, 0.29) is 23.5 Å². The summed E-state index contributed by atoms with van der Waals surface area (Å²) in [6, 6.07) is 6.68. The van der Waals surface area contributed by atoms with Crippen LogP contribution in [0.2, 0.25) is 0 Å². The molecule has 0 unspecified atom stereocenters. The second kappa shape index (κ2) is 8.81. The van der Waals surface area contributed by atoms with Gasteiger partial charge in [-0.15, -0.1) is 0 Å². The van der Waals surface area contributed by atoms with Gasteiger partial charge in [0.2, 0.25) is 5.91 Å². The van der Waals surface area contributed by atoms with Crippen molar-refractivity contribution in [1.82, 2.24) is 20.1 Å². The Bertz CT molecular complexity index is 738. The first kappa shape index (κ1) is 19.1. The minimum atomic E-state index is -0.563. The molecule has 2 aromatic heterocycles. The summed E-state index contributed by atoms with van der Waals surface area (Å²) < 4.78 is 5.12. The number of piperazine rings is 1. The van der Waals surface area contributed by atoms with Gasteiger partial charge in [-0.1, -0.05) is 19.9 Å². The Balaban J connectivity index is 1.55. The first-order valence-electron chi connectivity index (χ1n) is 9.29. The van der Waals surface area contributed by atoms with Gasteiger partial charge in [-0.3, -0.25) is 19.5 Å². The molecule has 3 heterocycles. The molecule has 7 nitrogen and oxygen atoms in total. The van der Waals surface area contributed by atoms with E-state index in [2.05, 4.69) is 21.3 Å². The lowest BCUT2D eigenvalue weighted by Crippen LogP contribution is -2.56. The predicted molar refractivity (Wildman–Crippen MR) is 101 cm³/mol. The van der Waals surface area contributed by atoms with Crippen molar-refractivity contribution < 1.29 is 14.0 Å². The number of hydrogen-bond donors (Lipinski definition) is 1. The van der Waals surface area contributed by atoms with Gasteiger partial charge in [-0.25, -0.2) is 0 Å². The van der Waals surface area contributed by atoms with E-state index in [0.717, 1.165) is 19.6 Å². The van der Waals surface area contributed by atoms with Crippen LogP contribution in [0.25, 0.3) is 0 Å². The van der Waals surface area contributed by atoms with Crippen LogP contribution >= 0.6 is 0 Å². The SMILES string of the molecule is CC(C)[C@@H](NC(=O)c1ccco1)C(=O)N1CCN(Cc2cccnc2)CC1. The topological polar surface area (TPSA) is 78.7 Å². The molecular weight excluding hydrogens is 344 g/mol. The quantitative estimate of drug-likeness (QED) is 0.838. The number of pyridine rings is 1. The molecule has 0 spiro atoms. The highest BCUT2D eigenvalue weighted by Crippen LogP contribution is 2.13. The maximum absolute atomic E-state index is 13.0. The minimum absolute atomic E-state index is 0.00941. The average molecular weight is 370 g/mol. The molecule has 144 valence electrons. The number of furan rings is 1. The van der Waals surface area contributed by atoms with Crippen molar-refractivity contribution in [2.24, 2.45) is 5.92 Å².